The minimum atomic E-state index is -3.39. The minimum absolute atomic E-state index is 0.103. The molecule has 1 aromatic rings. The van der Waals surface area contributed by atoms with Crippen molar-refractivity contribution in [2.24, 2.45) is 0 Å². The van der Waals surface area contributed by atoms with Crippen molar-refractivity contribution in [2.45, 2.75) is 24.9 Å². The van der Waals surface area contributed by atoms with Crippen molar-refractivity contribution in [1.29, 1.82) is 0 Å². The average Bonchev–Trinajstić information content (AvgIpc) is 2.67. The quantitative estimate of drug-likeness (QED) is 0.512. The van der Waals surface area contributed by atoms with Gasteiger partial charge in [-0.15, -0.1) is 0 Å². The molecule has 2 rings (SSSR count). The first-order chi connectivity index (χ1) is 9.26. The third-order valence-corrected chi connectivity index (χ3v) is 3.49. The number of rotatable bonds is 4. The van der Waals surface area contributed by atoms with Gasteiger partial charge in [-0.2, -0.15) is 19.3 Å². The fraction of sp³-hybridized carbons (Fsp3) is 0.600. The van der Waals surface area contributed by atoms with Crippen molar-refractivity contribution in [3.05, 3.63) is 22.7 Å². The summed E-state index contributed by atoms with van der Waals surface area (Å²) in [5, 5.41) is 9.85. The van der Waals surface area contributed by atoms with Crippen LogP contribution in [0.2, 0.25) is 0 Å². The lowest BCUT2D eigenvalue weighted by Crippen LogP contribution is -2.28. The molecule has 112 valence electrons. The Kier molecular flexibility index (Phi) is 4.38. The standard InChI is InChI=1S/C10H16N3O6P/c1-20(16,17)18-5-7-6(14)4-9(19-7)13-3-2-8(11)12-10(13)15/h2-3,6-7,9,14,16-17H,4-5H2,1H3,(H-,11,12,15)/p+1/t6?,7-,9-/m1/s1. The van der Waals surface area contributed by atoms with E-state index in [0.29, 0.717) is 0 Å². The summed E-state index contributed by atoms with van der Waals surface area (Å²) in [6.45, 7) is 0.978. The van der Waals surface area contributed by atoms with E-state index in [-0.39, 0.29) is 18.8 Å². The van der Waals surface area contributed by atoms with Crippen LogP contribution in [0.4, 0.5) is 5.82 Å². The third kappa shape index (κ3) is 3.72. The predicted octanol–water partition coefficient (Wildman–Crippen LogP) is -1.13. The summed E-state index contributed by atoms with van der Waals surface area (Å²) < 4.78 is 11.5. The summed E-state index contributed by atoms with van der Waals surface area (Å²) in [6.07, 6.45) is -0.716. The van der Waals surface area contributed by atoms with Crippen LogP contribution in [-0.4, -0.2) is 49.9 Å². The van der Waals surface area contributed by atoms with Crippen molar-refractivity contribution in [3.63, 3.8) is 0 Å². The fourth-order valence-corrected chi connectivity index (χ4v) is 2.32. The van der Waals surface area contributed by atoms with Crippen LogP contribution < -0.4 is 11.4 Å². The van der Waals surface area contributed by atoms with Crippen LogP contribution in [0, 0.1) is 0 Å². The molecule has 1 saturated heterocycles. The monoisotopic (exact) mass is 306 g/mol. The Labute approximate surface area is 115 Å². The van der Waals surface area contributed by atoms with Crippen LogP contribution >= 0.6 is 7.94 Å². The molecule has 0 radical (unpaired) electrons. The first kappa shape index (κ1) is 15.3. The maximum absolute atomic E-state index is 11.7. The molecular formula is C10H17N3O6P+. The Bertz CT molecular complexity index is 530. The van der Waals surface area contributed by atoms with Gasteiger partial charge in [0.1, 0.15) is 31.4 Å². The van der Waals surface area contributed by atoms with Gasteiger partial charge in [-0.1, -0.05) is 0 Å². The lowest BCUT2D eigenvalue weighted by Gasteiger charge is -2.16. The number of ether oxygens (including phenoxy) is 1. The molecule has 0 aliphatic carbocycles. The number of aliphatic hydroxyl groups is 1. The molecular weight excluding hydrogens is 289 g/mol. The summed E-state index contributed by atoms with van der Waals surface area (Å²) in [5.74, 6) is 0.103. The van der Waals surface area contributed by atoms with Crippen molar-refractivity contribution >= 4 is 13.8 Å². The molecule has 1 unspecified atom stereocenters. The summed E-state index contributed by atoms with van der Waals surface area (Å²) in [4.78, 5) is 33.5. The molecule has 3 atom stereocenters. The topological polar surface area (TPSA) is 140 Å². The van der Waals surface area contributed by atoms with Gasteiger partial charge in [0.25, 0.3) is 0 Å². The fourth-order valence-electron chi connectivity index (χ4n) is 1.90. The van der Waals surface area contributed by atoms with Gasteiger partial charge >= 0.3 is 13.6 Å². The molecule has 1 aliphatic heterocycles. The third-order valence-electron chi connectivity index (χ3n) is 2.85. The van der Waals surface area contributed by atoms with Crippen LogP contribution in [0.3, 0.4) is 0 Å². The van der Waals surface area contributed by atoms with Crippen LogP contribution in [0.25, 0.3) is 0 Å². The van der Waals surface area contributed by atoms with Crippen molar-refractivity contribution in [2.75, 3.05) is 19.0 Å². The zero-order valence-corrected chi connectivity index (χ0v) is 11.7. The molecule has 1 fully saturated rings. The van der Waals surface area contributed by atoms with Crippen LogP contribution in [0.15, 0.2) is 17.1 Å². The Balaban J connectivity index is 2.05. The summed E-state index contributed by atoms with van der Waals surface area (Å²) in [5.41, 5.74) is 4.81. The van der Waals surface area contributed by atoms with Crippen molar-refractivity contribution in [1.82, 2.24) is 9.55 Å². The van der Waals surface area contributed by atoms with Gasteiger partial charge < -0.3 is 15.6 Å². The van der Waals surface area contributed by atoms with Crippen molar-refractivity contribution in [3.8, 4) is 0 Å². The summed E-state index contributed by atoms with van der Waals surface area (Å²) in [6, 6.07) is 1.45. The Morgan fingerprint density at radius 3 is 2.95 bits per heavy atom. The highest BCUT2D eigenvalue weighted by molar-refractivity contribution is 7.58. The molecule has 5 N–H and O–H groups in total. The van der Waals surface area contributed by atoms with Gasteiger partial charge in [0.05, 0.1) is 6.10 Å². The first-order valence-electron chi connectivity index (χ1n) is 5.91. The molecule has 9 nitrogen and oxygen atoms in total. The van der Waals surface area contributed by atoms with E-state index in [1.807, 2.05) is 0 Å². The Hall–Kier alpha value is -1.09. The first-order valence-corrected chi connectivity index (χ1v) is 7.97. The number of nitrogens with two attached hydrogens (primary N) is 1. The van der Waals surface area contributed by atoms with Gasteiger partial charge in [-0.25, -0.2) is 4.79 Å². The Morgan fingerprint density at radius 2 is 2.35 bits per heavy atom. The van der Waals surface area contributed by atoms with Gasteiger partial charge in [0.15, 0.2) is 0 Å². The maximum atomic E-state index is 11.7. The normalized spacial score (nSPS) is 26.9. The Morgan fingerprint density at radius 1 is 1.65 bits per heavy atom. The molecule has 10 heteroatoms. The van der Waals surface area contributed by atoms with E-state index in [2.05, 4.69) is 4.98 Å². The van der Waals surface area contributed by atoms with E-state index in [1.54, 1.807) is 0 Å². The molecule has 0 amide bonds. The van der Waals surface area contributed by atoms with Crippen molar-refractivity contribution < 1.29 is 24.2 Å². The highest BCUT2D eigenvalue weighted by Crippen LogP contribution is 2.47. The van der Waals surface area contributed by atoms with Gasteiger partial charge in [0.2, 0.25) is 0 Å². The number of nitrogens with zero attached hydrogens (tertiary/aromatic N) is 2. The van der Waals surface area contributed by atoms with E-state index < -0.39 is 32.1 Å². The molecule has 20 heavy (non-hydrogen) atoms. The molecule has 1 aromatic heterocycles. The second kappa shape index (κ2) is 5.72. The van der Waals surface area contributed by atoms with Crippen LogP contribution in [-0.2, 0) is 9.26 Å². The number of hydrogen-bond acceptors (Lipinski definition) is 8. The highest BCUT2D eigenvalue weighted by atomic mass is 31.2. The van der Waals surface area contributed by atoms with Crippen LogP contribution in [0.1, 0.15) is 12.6 Å². The van der Waals surface area contributed by atoms with E-state index in [9.17, 15) is 9.90 Å². The highest BCUT2D eigenvalue weighted by Gasteiger charge is 2.39. The molecule has 0 spiro atoms. The van der Waals surface area contributed by atoms with E-state index >= 15 is 0 Å². The largest absolute Gasteiger partial charge is 0.403 e. The molecule has 0 aromatic carbocycles. The number of aromatic nitrogens is 2. The second-order valence-corrected chi connectivity index (χ2v) is 6.53. The number of aliphatic hydroxyl groups excluding tert-OH is 1. The minimum Gasteiger partial charge on any atom is -0.390 e. The van der Waals surface area contributed by atoms with Gasteiger partial charge in [0, 0.05) is 12.6 Å². The maximum Gasteiger partial charge on any atom is 0.403 e. The lowest BCUT2D eigenvalue weighted by molar-refractivity contribution is -0.0436. The summed E-state index contributed by atoms with van der Waals surface area (Å²) >= 11 is 0. The second-order valence-electron chi connectivity index (χ2n) is 4.61. The van der Waals surface area contributed by atoms with E-state index in [0.717, 1.165) is 6.66 Å². The molecule has 1 aliphatic rings. The smallest absolute Gasteiger partial charge is 0.390 e. The molecule has 0 bridgehead atoms. The zero-order valence-electron chi connectivity index (χ0n) is 10.8. The van der Waals surface area contributed by atoms with Gasteiger partial charge in [-0.3, -0.25) is 4.57 Å². The van der Waals surface area contributed by atoms with Gasteiger partial charge in [-0.05, 0) is 6.07 Å². The lowest BCUT2D eigenvalue weighted by atomic mass is 10.2. The molecule has 0 saturated carbocycles. The number of anilines is 1. The zero-order chi connectivity index (χ0) is 14.9. The van der Waals surface area contributed by atoms with E-state index in [1.165, 1.54) is 16.8 Å². The number of nitrogen functional groups attached to an aromatic ring is 1. The number of hydrogen-bond donors (Lipinski definition) is 4. The molecule has 2 heterocycles. The average molecular weight is 306 g/mol. The SMILES string of the molecule is C[P+](O)(O)OC[C@H]1O[C@@H](n2ccc(N)nc2=O)CC1O. The van der Waals surface area contributed by atoms with Crippen LogP contribution in [0.5, 0.6) is 0 Å². The summed E-state index contributed by atoms with van der Waals surface area (Å²) in [7, 11) is -3.39. The van der Waals surface area contributed by atoms with E-state index in [4.69, 9.17) is 24.8 Å². The predicted molar refractivity (Wildman–Crippen MR) is 70.7 cm³/mol.